The number of hydrogen-bond donors (Lipinski definition) is 0. The second kappa shape index (κ2) is 4.46. The summed E-state index contributed by atoms with van der Waals surface area (Å²) in [5, 5.41) is -1.01. The van der Waals surface area contributed by atoms with Gasteiger partial charge in [-0.3, -0.25) is 4.18 Å². The summed E-state index contributed by atoms with van der Waals surface area (Å²) < 4.78 is 26.3. The first-order valence-corrected chi connectivity index (χ1v) is 4.89. The maximum atomic E-state index is 10.9. The van der Waals surface area contributed by atoms with E-state index in [4.69, 9.17) is 0 Å². The maximum Gasteiger partial charge on any atom is 0.277 e. The highest BCUT2D eigenvalue weighted by Gasteiger charge is 2.22. The van der Waals surface area contributed by atoms with Crippen LogP contribution in [-0.4, -0.2) is 26.6 Å². The van der Waals surface area contributed by atoms with Gasteiger partial charge in [0.05, 0.1) is 6.61 Å². The topological polar surface area (TPSA) is 60.4 Å². The lowest BCUT2D eigenvalue weighted by Gasteiger charge is -2.07. The third kappa shape index (κ3) is 2.98. The van der Waals surface area contributed by atoms with E-state index in [2.05, 4.69) is 4.18 Å². The van der Waals surface area contributed by atoms with Crippen molar-refractivity contribution in [2.75, 3.05) is 6.61 Å². The Morgan fingerprint density at radius 3 is 2.27 bits per heavy atom. The Hall–Kier alpha value is -0.420. The molecule has 0 fully saturated rings. The van der Waals surface area contributed by atoms with Crippen LogP contribution in [0.3, 0.4) is 0 Å². The van der Waals surface area contributed by atoms with Gasteiger partial charge in [0.25, 0.3) is 10.1 Å². The van der Waals surface area contributed by atoms with E-state index >= 15 is 0 Å². The van der Waals surface area contributed by atoms with Crippen LogP contribution in [0.4, 0.5) is 0 Å². The highest BCUT2D eigenvalue weighted by molar-refractivity contribution is 7.88. The minimum Gasteiger partial charge on any atom is -0.302 e. The molecule has 0 N–H and O–H groups in total. The van der Waals surface area contributed by atoms with Crippen LogP contribution in [0.1, 0.15) is 20.3 Å². The Labute approximate surface area is 66.7 Å². The number of rotatable bonds is 5. The molecule has 0 radical (unpaired) electrons. The van der Waals surface area contributed by atoms with Crippen LogP contribution in [0.5, 0.6) is 0 Å². The first-order chi connectivity index (χ1) is 5.08. The lowest BCUT2D eigenvalue weighted by Crippen LogP contribution is -2.24. The molecule has 11 heavy (non-hydrogen) atoms. The summed E-state index contributed by atoms with van der Waals surface area (Å²) in [6.07, 6.45) is 0.650. The van der Waals surface area contributed by atoms with Crippen molar-refractivity contribution in [3.63, 3.8) is 0 Å². The molecular formula is C6H12O4S. The third-order valence-corrected chi connectivity index (χ3v) is 2.96. The van der Waals surface area contributed by atoms with Crippen LogP contribution in [0, 0.1) is 0 Å². The third-order valence-electron chi connectivity index (χ3n) is 1.21. The van der Waals surface area contributed by atoms with E-state index in [1.54, 1.807) is 13.8 Å². The average Bonchev–Trinajstić information content (AvgIpc) is 1.89. The zero-order valence-corrected chi connectivity index (χ0v) is 7.43. The molecule has 0 rings (SSSR count). The number of carbonyl (C=O) groups excluding carboxylic acids is 1. The zero-order chi connectivity index (χ0) is 8.91. The molecule has 0 amide bonds. The fourth-order valence-electron chi connectivity index (χ4n) is 0.620. The molecule has 4 nitrogen and oxygen atoms in total. The second-order valence-electron chi connectivity index (χ2n) is 1.98. The smallest absolute Gasteiger partial charge is 0.277 e. The first-order valence-electron chi connectivity index (χ1n) is 3.42. The summed E-state index contributed by atoms with van der Waals surface area (Å²) in [6, 6.07) is 0. The van der Waals surface area contributed by atoms with Gasteiger partial charge in [-0.2, -0.15) is 8.42 Å². The van der Waals surface area contributed by atoms with Gasteiger partial charge in [-0.1, -0.05) is 6.92 Å². The van der Waals surface area contributed by atoms with Gasteiger partial charge < -0.3 is 4.79 Å². The quantitative estimate of drug-likeness (QED) is 0.452. The SMILES string of the molecule is CCOS(=O)(=O)C(C=O)CC. The number of aldehydes is 1. The van der Waals surface area contributed by atoms with E-state index in [0.29, 0.717) is 6.29 Å². The molecular weight excluding hydrogens is 168 g/mol. The minimum atomic E-state index is -3.64. The van der Waals surface area contributed by atoms with Crippen LogP contribution >= 0.6 is 0 Å². The molecule has 0 aliphatic carbocycles. The molecule has 0 aromatic carbocycles. The van der Waals surface area contributed by atoms with Crippen molar-refractivity contribution in [1.82, 2.24) is 0 Å². The predicted molar refractivity (Wildman–Crippen MR) is 40.7 cm³/mol. The minimum absolute atomic E-state index is 0.0761. The van der Waals surface area contributed by atoms with Crippen molar-refractivity contribution >= 4 is 16.4 Å². The summed E-state index contributed by atoms with van der Waals surface area (Å²) >= 11 is 0. The molecule has 5 heteroatoms. The molecule has 66 valence electrons. The van der Waals surface area contributed by atoms with E-state index in [-0.39, 0.29) is 13.0 Å². The van der Waals surface area contributed by atoms with Gasteiger partial charge in [0.2, 0.25) is 0 Å². The van der Waals surface area contributed by atoms with Gasteiger partial charge in [-0.05, 0) is 13.3 Å². The van der Waals surface area contributed by atoms with Crippen molar-refractivity contribution < 1.29 is 17.4 Å². The molecule has 1 unspecified atom stereocenters. The van der Waals surface area contributed by atoms with Gasteiger partial charge in [-0.15, -0.1) is 0 Å². The molecule has 0 heterocycles. The highest BCUT2D eigenvalue weighted by atomic mass is 32.2. The van der Waals surface area contributed by atoms with Crippen molar-refractivity contribution in [2.24, 2.45) is 0 Å². The molecule has 0 saturated carbocycles. The monoisotopic (exact) mass is 180 g/mol. The van der Waals surface area contributed by atoms with Crippen molar-refractivity contribution in [3.05, 3.63) is 0 Å². The summed E-state index contributed by atoms with van der Waals surface area (Å²) in [5.74, 6) is 0. The van der Waals surface area contributed by atoms with Gasteiger partial charge in [0.15, 0.2) is 0 Å². The normalized spacial score (nSPS) is 14.4. The molecule has 0 spiro atoms. The standard InChI is InChI=1S/C6H12O4S/c1-3-6(5-7)11(8,9)10-4-2/h5-6H,3-4H2,1-2H3. The van der Waals surface area contributed by atoms with Gasteiger partial charge in [0, 0.05) is 0 Å². The van der Waals surface area contributed by atoms with Gasteiger partial charge >= 0.3 is 0 Å². The molecule has 0 aromatic heterocycles. The average molecular weight is 180 g/mol. The Bertz CT molecular complexity index is 207. The van der Waals surface area contributed by atoms with Gasteiger partial charge in [0.1, 0.15) is 11.5 Å². The van der Waals surface area contributed by atoms with E-state index in [0.717, 1.165) is 0 Å². The second-order valence-corrected chi connectivity index (χ2v) is 3.81. The summed E-state index contributed by atoms with van der Waals surface area (Å²) in [7, 11) is -3.64. The molecule has 0 saturated heterocycles. The van der Waals surface area contributed by atoms with Crippen LogP contribution in [0.25, 0.3) is 0 Å². The van der Waals surface area contributed by atoms with Crippen LogP contribution in [-0.2, 0) is 19.1 Å². The molecule has 0 aromatic rings. The zero-order valence-electron chi connectivity index (χ0n) is 6.61. The van der Waals surface area contributed by atoms with E-state index in [1.165, 1.54) is 0 Å². The van der Waals surface area contributed by atoms with Crippen molar-refractivity contribution in [2.45, 2.75) is 25.5 Å². The Balaban J connectivity index is 4.38. The molecule has 0 aliphatic heterocycles. The van der Waals surface area contributed by atoms with Crippen LogP contribution in [0.2, 0.25) is 0 Å². The lowest BCUT2D eigenvalue weighted by atomic mass is 10.4. The van der Waals surface area contributed by atoms with E-state index in [1.807, 2.05) is 0 Å². The Morgan fingerprint density at radius 2 is 2.00 bits per heavy atom. The van der Waals surface area contributed by atoms with E-state index in [9.17, 15) is 13.2 Å². The predicted octanol–water partition coefficient (Wildman–Crippen LogP) is 0.330. The van der Waals surface area contributed by atoms with E-state index < -0.39 is 15.4 Å². The lowest BCUT2D eigenvalue weighted by molar-refractivity contribution is -0.107. The largest absolute Gasteiger partial charge is 0.302 e. The van der Waals surface area contributed by atoms with Crippen LogP contribution in [0.15, 0.2) is 0 Å². The van der Waals surface area contributed by atoms with Crippen molar-refractivity contribution in [3.8, 4) is 0 Å². The maximum absolute atomic E-state index is 10.9. The van der Waals surface area contributed by atoms with Crippen molar-refractivity contribution in [1.29, 1.82) is 0 Å². The Morgan fingerprint density at radius 1 is 1.45 bits per heavy atom. The molecule has 1 atom stereocenters. The number of carbonyl (C=O) groups is 1. The summed E-state index contributed by atoms with van der Waals surface area (Å²) in [5.41, 5.74) is 0. The van der Waals surface area contributed by atoms with Gasteiger partial charge in [-0.25, -0.2) is 0 Å². The van der Waals surface area contributed by atoms with Crippen LogP contribution < -0.4 is 0 Å². The summed E-state index contributed by atoms with van der Waals surface area (Å²) in [6.45, 7) is 3.26. The fourth-order valence-corrected chi connectivity index (χ4v) is 1.67. The fraction of sp³-hybridized carbons (Fsp3) is 0.833. The molecule has 0 bridgehead atoms. The first kappa shape index (κ1) is 10.6. The number of hydrogen-bond acceptors (Lipinski definition) is 4. The highest BCUT2D eigenvalue weighted by Crippen LogP contribution is 2.05. The summed E-state index contributed by atoms with van der Waals surface area (Å²) in [4.78, 5) is 10.2. The molecule has 0 aliphatic rings. The Kier molecular flexibility index (Phi) is 4.29.